The van der Waals surface area contributed by atoms with Crippen molar-refractivity contribution >= 4 is 5.91 Å². The van der Waals surface area contributed by atoms with E-state index in [9.17, 15) is 4.79 Å². The van der Waals surface area contributed by atoms with Gasteiger partial charge in [-0.25, -0.2) is 4.98 Å². The largest absolute Gasteiger partial charge is 0.356 e. The van der Waals surface area contributed by atoms with Gasteiger partial charge in [0.2, 0.25) is 0 Å². The lowest BCUT2D eigenvalue weighted by atomic mass is 10.1. The minimum absolute atomic E-state index is 0.0811. The molecule has 6 rings (SSSR count). The Balaban J connectivity index is 1.05. The van der Waals surface area contributed by atoms with E-state index in [-0.39, 0.29) is 18.3 Å². The normalized spacial score (nSPS) is 18.2. The number of ether oxygens (including phenoxy) is 2. The Hall–Kier alpha value is -4.23. The minimum atomic E-state index is -0.194. The zero-order valence-corrected chi connectivity index (χ0v) is 24.7. The molecule has 9 nitrogen and oxygen atoms in total. The number of hydrogen-bond acceptors (Lipinski definition) is 7. The van der Waals surface area contributed by atoms with Crippen LogP contribution in [0.5, 0.6) is 0 Å². The monoisotopic (exact) mass is 579 g/mol. The Bertz CT molecular complexity index is 1570. The smallest absolute Gasteiger partial charge is 0.253 e. The minimum Gasteiger partial charge on any atom is -0.356 e. The summed E-state index contributed by atoms with van der Waals surface area (Å²) in [6.07, 6.45) is 6.45. The van der Waals surface area contributed by atoms with E-state index in [0.717, 1.165) is 80.3 Å². The molecular weight excluding hydrogens is 542 g/mol. The number of benzene rings is 2. The van der Waals surface area contributed by atoms with Crippen LogP contribution in [0.3, 0.4) is 0 Å². The molecule has 2 saturated heterocycles. The lowest BCUT2D eigenvalue weighted by Crippen LogP contribution is -2.47. The summed E-state index contributed by atoms with van der Waals surface area (Å²) < 4.78 is 19.5. The highest BCUT2D eigenvalue weighted by Crippen LogP contribution is 2.25. The molecule has 222 valence electrons. The van der Waals surface area contributed by atoms with Crippen LogP contribution < -0.4 is 0 Å². The van der Waals surface area contributed by atoms with E-state index in [4.69, 9.17) is 14.0 Å². The van der Waals surface area contributed by atoms with Crippen molar-refractivity contribution in [2.24, 2.45) is 0 Å². The van der Waals surface area contributed by atoms with Crippen LogP contribution in [0, 0.1) is 11.8 Å². The topological polar surface area (TPSA) is 85.9 Å². The summed E-state index contributed by atoms with van der Waals surface area (Å²) in [6, 6.07) is 17.4. The summed E-state index contributed by atoms with van der Waals surface area (Å²) in [7, 11) is 2.08. The highest BCUT2D eigenvalue weighted by molar-refractivity contribution is 5.94. The molecule has 0 radical (unpaired) electrons. The fourth-order valence-corrected chi connectivity index (χ4v) is 5.37. The maximum atomic E-state index is 12.8. The third-order valence-electron chi connectivity index (χ3n) is 7.94. The van der Waals surface area contributed by atoms with Gasteiger partial charge in [-0.1, -0.05) is 17.0 Å². The SMILES string of the molecule is CC(OC1CCCCO1)c1nccn1Cc1cc(-c2ccc(C#Cc3ccc(C(=O)N4CCN(C)CC4)cc3)cc2)on1. The number of carbonyl (C=O) groups is 1. The number of piperazine rings is 1. The molecule has 4 aromatic rings. The zero-order chi connectivity index (χ0) is 29.6. The summed E-state index contributed by atoms with van der Waals surface area (Å²) in [4.78, 5) is 21.5. The maximum Gasteiger partial charge on any atom is 0.253 e. The van der Waals surface area contributed by atoms with Crippen LogP contribution in [0.15, 0.2) is 71.5 Å². The highest BCUT2D eigenvalue weighted by atomic mass is 16.7. The third kappa shape index (κ3) is 7.23. The Morgan fingerprint density at radius 3 is 2.44 bits per heavy atom. The van der Waals surface area contributed by atoms with E-state index >= 15 is 0 Å². The van der Waals surface area contributed by atoms with Gasteiger partial charge in [0.15, 0.2) is 12.1 Å². The molecule has 9 heteroatoms. The van der Waals surface area contributed by atoms with Gasteiger partial charge in [-0.3, -0.25) is 4.79 Å². The van der Waals surface area contributed by atoms with Gasteiger partial charge in [0.25, 0.3) is 5.91 Å². The van der Waals surface area contributed by atoms with E-state index in [1.807, 2.05) is 77.2 Å². The Morgan fingerprint density at radius 2 is 1.74 bits per heavy atom. The summed E-state index contributed by atoms with van der Waals surface area (Å²) in [5.41, 5.74) is 4.18. The molecule has 0 aliphatic carbocycles. The second-order valence-electron chi connectivity index (χ2n) is 11.2. The van der Waals surface area contributed by atoms with Gasteiger partial charge < -0.3 is 28.4 Å². The predicted octanol–water partition coefficient (Wildman–Crippen LogP) is 4.98. The van der Waals surface area contributed by atoms with Crippen LogP contribution >= 0.6 is 0 Å². The van der Waals surface area contributed by atoms with Gasteiger partial charge >= 0.3 is 0 Å². The van der Waals surface area contributed by atoms with Gasteiger partial charge in [-0.2, -0.15) is 0 Å². The van der Waals surface area contributed by atoms with Crippen molar-refractivity contribution in [3.05, 3.63) is 95.2 Å². The zero-order valence-electron chi connectivity index (χ0n) is 24.7. The molecule has 2 unspecified atom stereocenters. The number of hydrogen-bond donors (Lipinski definition) is 0. The molecule has 2 aliphatic heterocycles. The van der Waals surface area contributed by atoms with Crippen molar-refractivity contribution < 1.29 is 18.8 Å². The first-order chi connectivity index (χ1) is 21.0. The quantitative estimate of drug-likeness (QED) is 0.286. The molecule has 0 saturated carbocycles. The Morgan fingerprint density at radius 1 is 1.02 bits per heavy atom. The Labute approximate surface area is 252 Å². The van der Waals surface area contributed by atoms with Crippen LogP contribution in [0.4, 0.5) is 0 Å². The average molecular weight is 580 g/mol. The van der Waals surface area contributed by atoms with Crippen LogP contribution in [0.2, 0.25) is 0 Å². The summed E-state index contributed by atoms with van der Waals surface area (Å²) in [5, 5.41) is 4.29. The Kier molecular flexibility index (Phi) is 8.99. The van der Waals surface area contributed by atoms with E-state index in [0.29, 0.717) is 17.9 Å². The van der Waals surface area contributed by atoms with Crippen LogP contribution in [-0.4, -0.2) is 76.5 Å². The van der Waals surface area contributed by atoms with Gasteiger partial charge in [-0.05, 0) is 81.8 Å². The first kappa shape index (κ1) is 28.9. The van der Waals surface area contributed by atoms with Gasteiger partial charge in [0.05, 0.1) is 6.54 Å². The standard InChI is InChI=1S/C34H37N5O4/c1-25(42-32-5-3-4-22-41-32)33-35-16-17-39(33)24-30-23-31(43-36-30)28-12-8-26(9-13-28)6-7-27-10-14-29(15-11-27)34(40)38-20-18-37(2)19-21-38/h8-17,23,25,32H,3-5,18-22,24H2,1-2H3. The van der Waals surface area contributed by atoms with E-state index in [2.05, 4.69) is 33.9 Å². The molecule has 2 aliphatic rings. The van der Waals surface area contributed by atoms with Crippen molar-refractivity contribution in [2.45, 2.75) is 45.1 Å². The lowest BCUT2D eigenvalue weighted by molar-refractivity contribution is -0.188. The highest BCUT2D eigenvalue weighted by Gasteiger charge is 2.22. The first-order valence-electron chi connectivity index (χ1n) is 15.0. The maximum absolute atomic E-state index is 12.8. The molecule has 2 fully saturated rings. The number of carbonyl (C=O) groups excluding carboxylic acids is 1. The lowest BCUT2D eigenvalue weighted by Gasteiger charge is -2.32. The fraction of sp³-hybridized carbons (Fsp3) is 0.382. The molecule has 43 heavy (non-hydrogen) atoms. The predicted molar refractivity (Wildman–Crippen MR) is 162 cm³/mol. The van der Waals surface area contributed by atoms with Crippen molar-refractivity contribution in [3.8, 4) is 23.2 Å². The molecule has 0 bridgehead atoms. The summed E-state index contributed by atoms with van der Waals surface area (Å²) >= 11 is 0. The summed E-state index contributed by atoms with van der Waals surface area (Å²) in [6.45, 7) is 6.62. The average Bonchev–Trinajstić information content (AvgIpc) is 3.71. The van der Waals surface area contributed by atoms with Gasteiger partial charge in [0, 0.05) is 73.5 Å². The molecular formula is C34H37N5O4. The first-order valence-corrected chi connectivity index (χ1v) is 15.0. The van der Waals surface area contributed by atoms with Crippen LogP contribution in [0.25, 0.3) is 11.3 Å². The third-order valence-corrected chi connectivity index (χ3v) is 7.94. The second-order valence-corrected chi connectivity index (χ2v) is 11.2. The molecule has 4 heterocycles. The number of rotatable bonds is 7. The van der Waals surface area contributed by atoms with Crippen molar-refractivity contribution in [1.82, 2.24) is 24.5 Å². The van der Waals surface area contributed by atoms with Crippen LogP contribution in [-0.2, 0) is 16.0 Å². The van der Waals surface area contributed by atoms with Gasteiger partial charge in [-0.15, -0.1) is 0 Å². The molecule has 2 atom stereocenters. The molecule has 2 aromatic heterocycles. The van der Waals surface area contributed by atoms with Crippen LogP contribution in [0.1, 0.15) is 65.3 Å². The number of aromatic nitrogens is 3. The molecule has 2 aromatic carbocycles. The molecule has 0 N–H and O–H groups in total. The van der Waals surface area contributed by atoms with Crippen molar-refractivity contribution in [3.63, 3.8) is 0 Å². The summed E-state index contributed by atoms with van der Waals surface area (Å²) in [5.74, 6) is 8.01. The van der Waals surface area contributed by atoms with E-state index < -0.39 is 0 Å². The van der Waals surface area contributed by atoms with Crippen molar-refractivity contribution in [1.29, 1.82) is 0 Å². The molecule has 1 amide bonds. The van der Waals surface area contributed by atoms with Crippen molar-refractivity contribution in [2.75, 3.05) is 39.8 Å². The van der Waals surface area contributed by atoms with Gasteiger partial charge in [0.1, 0.15) is 17.6 Å². The number of likely N-dealkylation sites (N-methyl/N-ethyl adjacent to an activating group) is 1. The molecule has 0 spiro atoms. The van der Waals surface area contributed by atoms with E-state index in [1.54, 1.807) is 6.20 Å². The number of amides is 1. The second kappa shape index (κ2) is 13.4. The fourth-order valence-electron chi connectivity index (χ4n) is 5.37. The van der Waals surface area contributed by atoms with E-state index in [1.165, 1.54) is 0 Å². The number of nitrogens with zero attached hydrogens (tertiary/aromatic N) is 5. The number of imidazole rings is 1.